The summed E-state index contributed by atoms with van der Waals surface area (Å²) in [5.41, 5.74) is -6.53. The number of rotatable bonds is 8. The number of halogens is 8. The van der Waals surface area contributed by atoms with Crippen LogP contribution in [0.1, 0.15) is 43.5 Å². The highest BCUT2D eigenvalue weighted by Crippen LogP contribution is 2.51. The molecule has 4 aromatic rings. The number of alkyl halides is 7. The van der Waals surface area contributed by atoms with Crippen LogP contribution in [0.3, 0.4) is 0 Å². The molecule has 46 heavy (non-hydrogen) atoms. The van der Waals surface area contributed by atoms with Gasteiger partial charge in [-0.2, -0.15) is 46.8 Å². The van der Waals surface area contributed by atoms with Gasteiger partial charge in [0.15, 0.2) is 5.82 Å². The van der Waals surface area contributed by atoms with Gasteiger partial charge in [-0.1, -0.05) is 11.6 Å². The number of carbonyl (C=O) groups is 2. The first-order valence-corrected chi connectivity index (χ1v) is 12.7. The fraction of sp³-hybridized carbons (Fsp3) is 0.240. The number of hydrogen-bond donors (Lipinski definition) is 2. The van der Waals surface area contributed by atoms with Gasteiger partial charge in [-0.3, -0.25) is 9.59 Å². The number of nitrogens with one attached hydrogen (secondary N) is 2. The molecule has 0 aliphatic heterocycles. The van der Waals surface area contributed by atoms with E-state index in [9.17, 15) is 45.6 Å². The number of anilines is 1. The Bertz CT molecular complexity index is 1890. The molecule has 1 aromatic carbocycles. The lowest BCUT2D eigenvalue weighted by Crippen LogP contribution is -2.51. The van der Waals surface area contributed by atoms with Gasteiger partial charge < -0.3 is 10.6 Å². The Kier molecular flexibility index (Phi) is 8.97. The number of nitrogens with zero attached hydrogens (tertiary/aromatic N) is 9. The maximum Gasteiger partial charge on any atom is 0.439 e. The Morgan fingerprint density at radius 2 is 1.72 bits per heavy atom. The average Bonchev–Trinajstić information content (AvgIpc) is 3.63. The first kappa shape index (κ1) is 33.3. The summed E-state index contributed by atoms with van der Waals surface area (Å²) in [6.45, 7) is 0.259. The number of tetrazole rings is 1. The van der Waals surface area contributed by atoms with Crippen molar-refractivity contribution in [3.63, 3.8) is 0 Å². The van der Waals surface area contributed by atoms with E-state index in [2.05, 4.69) is 36.1 Å². The minimum atomic E-state index is -6.48. The fourth-order valence-corrected chi connectivity index (χ4v) is 4.16. The molecule has 0 radical (unpaired) electrons. The van der Waals surface area contributed by atoms with Crippen molar-refractivity contribution in [2.24, 2.45) is 0 Å². The van der Waals surface area contributed by atoms with Gasteiger partial charge in [-0.15, -0.1) is 10.2 Å². The van der Waals surface area contributed by atoms with Crippen LogP contribution in [0.5, 0.6) is 0 Å². The monoisotopic (exact) mass is 669 g/mol. The Morgan fingerprint density at radius 1 is 1.02 bits per heavy atom. The van der Waals surface area contributed by atoms with Crippen LogP contribution in [0, 0.1) is 29.6 Å². The van der Waals surface area contributed by atoms with Crippen LogP contribution in [-0.2, 0) is 12.2 Å². The Morgan fingerprint density at radius 3 is 2.33 bits per heavy atom. The summed E-state index contributed by atoms with van der Waals surface area (Å²) in [4.78, 5) is 30.6. The van der Waals surface area contributed by atoms with Gasteiger partial charge in [0.1, 0.15) is 18.8 Å². The summed E-state index contributed by atoms with van der Waals surface area (Å²) in [5.74, 6) is -4.26. The number of nitriles is 2. The largest absolute Gasteiger partial charge is 0.439 e. The molecular formula is C25H15ClF7N11O2. The quantitative estimate of drug-likeness (QED) is 0.208. The van der Waals surface area contributed by atoms with Crippen molar-refractivity contribution in [1.82, 2.24) is 40.3 Å². The van der Waals surface area contributed by atoms with Crippen LogP contribution in [0.4, 0.5) is 36.4 Å². The lowest BCUT2D eigenvalue weighted by molar-refractivity contribution is -0.351. The second kappa shape index (κ2) is 12.4. The van der Waals surface area contributed by atoms with Gasteiger partial charge in [0, 0.05) is 6.20 Å². The SMILES string of the molecule is Cc1cc(C#N)cc(C(=O)NCC#N)c1NC(=O)c1cc(Cn2nnc(C(F)(C(F)(F)F)C(F)(F)F)n2)nn1-c1ncccc1Cl. The molecule has 2 N–H and O–H groups in total. The van der Waals surface area contributed by atoms with Gasteiger partial charge in [0.2, 0.25) is 5.82 Å². The number of carbonyl (C=O) groups excluding carboxylic acids is 2. The molecular weight excluding hydrogens is 655 g/mol. The molecule has 0 aliphatic rings. The third kappa shape index (κ3) is 6.28. The molecule has 0 fully saturated rings. The molecule has 13 nitrogen and oxygen atoms in total. The van der Waals surface area contributed by atoms with Gasteiger partial charge in [0.05, 0.1) is 39.7 Å². The summed E-state index contributed by atoms with van der Waals surface area (Å²) in [6.07, 6.45) is -11.7. The van der Waals surface area contributed by atoms with Gasteiger partial charge >= 0.3 is 18.0 Å². The highest BCUT2D eigenvalue weighted by atomic mass is 35.5. The summed E-state index contributed by atoms with van der Waals surface area (Å²) < 4.78 is 94.1. The van der Waals surface area contributed by atoms with Crippen molar-refractivity contribution in [3.05, 3.63) is 75.5 Å². The van der Waals surface area contributed by atoms with Gasteiger partial charge in [-0.05, 0) is 48.0 Å². The summed E-state index contributed by atoms with van der Waals surface area (Å²) in [5, 5.41) is 35.6. The number of aromatic nitrogens is 7. The molecule has 3 heterocycles. The lowest BCUT2D eigenvalue weighted by Gasteiger charge is -2.26. The van der Waals surface area contributed by atoms with Crippen LogP contribution in [0.25, 0.3) is 5.82 Å². The van der Waals surface area contributed by atoms with E-state index in [4.69, 9.17) is 16.9 Å². The molecule has 21 heteroatoms. The van der Waals surface area contributed by atoms with Gasteiger partial charge in [-0.25, -0.2) is 14.1 Å². The van der Waals surface area contributed by atoms with Crippen molar-refractivity contribution in [3.8, 4) is 18.0 Å². The minimum absolute atomic E-state index is 0.0453. The highest BCUT2D eigenvalue weighted by Gasteiger charge is 2.76. The molecule has 0 spiro atoms. The molecule has 4 rings (SSSR count). The van der Waals surface area contributed by atoms with Crippen molar-refractivity contribution in [2.45, 2.75) is 31.5 Å². The fourth-order valence-electron chi connectivity index (χ4n) is 3.96. The highest BCUT2D eigenvalue weighted by molar-refractivity contribution is 6.32. The molecule has 0 bridgehead atoms. The zero-order chi connectivity index (χ0) is 34.0. The molecule has 0 atom stereocenters. The lowest BCUT2D eigenvalue weighted by atomic mass is 10.0. The third-order valence-electron chi connectivity index (χ3n) is 6.05. The number of pyridine rings is 1. The van der Waals surface area contributed by atoms with Gasteiger partial charge in [0.25, 0.3) is 11.8 Å². The van der Waals surface area contributed by atoms with Crippen LogP contribution in [0.15, 0.2) is 36.5 Å². The Labute approximate surface area is 257 Å². The Balaban J connectivity index is 1.76. The molecule has 2 amide bonds. The van der Waals surface area contributed by atoms with E-state index < -0.39 is 48.7 Å². The molecule has 0 saturated heterocycles. The van der Waals surface area contributed by atoms with Crippen LogP contribution in [0.2, 0.25) is 5.02 Å². The second-order valence-corrected chi connectivity index (χ2v) is 9.57. The Hall–Kier alpha value is -5.63. The molecule has 3 aromatic heterocycles. The number of benzene rings is 1. The van der Waals surface area contributed by atoms with E-state index in [1.807, 2.05) is 6.07 Å². The van der Waals surface area contributed by atoms with E-state index in [-0.39, 0.29) is 49.4 Å². The normalized spacial score (nSPS) is 11.9. The van der Waals surface area contributed by atoms with Crippen molar-refractivity contribution in [2.75, 3.05) is 11.9 Å². The first-order chi connectivity index (χ1) is 21.5. The van der Waals surface area contributed by atoms with E-state index in [1.54, 1.807) is 6.07 Å². The predicted octanol–water partition coefficient (Wildman–Crippen LogP) is 3.93. The first-order valence-electron chi connectivity index (χ1n) is 12.3. The number of aryl methyl sites for hydroxylation is 1. The molecule has 238 valence electrons. The van der Waals surface area contributed by atoms with Crippen LogP contribution >= 0.6 is 11.6 Å². The maximum absolute atomic E-state index is 14.4. The minimum Gasteiger partial charge on any atom is -0.339 e. The molecule has 0 saturated carbocycles. The summed E-state index contributed by atoms with van der Waals surface area (Å²) in [7, 11) is 0. The topological polar surface area (TPSA) is 180 Å². The van der Waals surface area contributed by atoms with Crippen molar-refractivity contribution in [1.29, 1.82) is 10.5 Å². The van der Waals surface area contributed by atoms with E-state index in [0.717, 1.165) is 16.8 Å². The second-order valence-electron chi connectivity index (χ2n) is 9.16. The van der Waals surface area contributed by atoms with Crippen molar-refractivity contribution < 1.29 is 40.3 Å². The van der Waals surface area contributed by atoms with Crippen LogP contribution in [-0.4, -0.2) is 65.7 Å². The van der Waals surface area contributed by atoms with E-state index >= 15 is 0 Å². The van der Waals surface area contributed by atoms with Crippen LogP contribution < -0.4 is 10.6 Å². The van der Waals surface area contributed by atoms with E-state index in [1.165, 1.54) is 31.3 Å². The third-order valence-corrected chi connectivity index (χ3v) is 6.35. The number of amides is 2. The molecule has 0 unspecified atom stereocenters. The number of hydrogen-bond acceptors (Lipinski definition) is 9. The standard InChI is InChI=1S/C25H15ClF7N11O2/c1-12-7-13(10-35)8-15(20(45)37-6-4-34)18(12)38-21(46)17-9-14(40-44(17)19-16(26)3-2-5-36-19)11-43-41-22(39-42-43)23(27,24(28,29)30)25(31,32)33/h2-3,5,7-9H,6,11H2,1H3,(H,37,45)(H,38,46). The summed E-state index contributed by atoms with van der Waals surface area (Å²) >= 11 is 6.22. The summed E-state index contributed by atoms with van der Waals surface area (Å²) in [6, 6.07) is 9.92. The average molecular weight is 670 g/mol. The molecule has 0 aliphatic carbocycles. The predicted molar refractivity (Wildman–Crippen MR) is 140 cm³/mol. The maximum atomic E-state index is 14.4. The smallest absolute Gasteiger partial charge is 0.339 e. The van der Waals surface area contributed by atoms with Crippen molar-refractivity contribution >= 4 is 29.1 Å². The van der Waals surface area contributed by atoms with E-state index in [0.29, 0.717) is 0 Å². The zero-order valence-electron chi connectivity index (χ0n) is 22.7. The zero-order valence-corrected chi connectivity index (χ0v) is 23.5.